The highest BCUT2D eigenvalue weighted by Crippen LogP contribution is 2.24. The second kappa shape index (κ2) is 13.1. The van der Waals surface area contributed by atoms with E-state index in [1.165, 1.54) is 0 Å². The Hall–Kier alpha value is -1.15. The minimum Gasteiger partial charge on any atom is -0.360 e. The van der Waals surface area contributed by atoms with Crippen LogP contribution in [0.25, 0.3) is 0 Å². The van der Waals surface area contributed by atoms with Crippen molar-refractivity contribution in [1.29, 1.82) is 10.5 Å². The van der Waals surface area contributed by atoms with Crippen LogP contribution in [0.2, 0.25) is 12.1 Å². The van der Waals surface area contributed by atoms with Crippen molar-refractivity contribution < 1.29 is 18.9 Å². The highest BCUT2D eigenvalue weighted by molar-refractivity contribution is 6.36. The van der Waals surface area contributed by atoms with Gasteiger partial charge in [-0.25, -0.2) is 0 Å². The van der Waals surface area contributed by atoms with Crippen molar-refractivity contribution in [1.82, 2.24) is 0 Å². The highest BCUT2D eigenvalue weighted by Gasteiger charge is 2.28. The number of rotatable bonds is 14. The molecule has 0 amide bonds. The summed E-state index contributed by atoms with van der Waals surface area (Å²) in [5.41, 5.74) is -1.94. The number of nitrogens with zero attached hydrogens (tertiary/aromatic N) is 4. The normalized spacial score (nSPS) is 16.4. The number of ether oxygens (including phenoxy) is 4. The lowest BCUT2D eigenvalue weighted by Crippen LogP contribution is -2.28. The van der Waals surface area contributed by atoms with Gasteiger partial charge >= 0.3 is 0 Å². The Morgan fingerprint density at radius 2 is 1.08 bits per heavy atom. The van der Waals surface area contributed by atoms with E-state index in [1.54, 1.807) is 42.3 Å². The SMILES string of the molecule is COC(OC)[Si]CCC(C)(C#N)N=NC(C)(C#N)CC[Si]C(OC)OC. The summed E-state index contributed by atoms with van der Waals surface area (Å²) in [6, 6.07) is 5.84. The largest absolute Gasteiger partial charge is 0.360 e. The van der Waals surface area contributed by atoms with Crippen LogP contribution in [0, 0.1) is 22.7 Å². The fourth-order valence-electron chi connectivity index (χ4n) is 1.87. The predicted molar refractivity (Wildman–Crippen MR) is 98.9 cm³/mol. The van der Waals surface area contributed by atoms with Gasteiger partial charge in [0.2, 0.25) is 0 Å². The van der Waals surface area contributed by atoms with Crippen LogP contribution in [0.4, 0.5) is 0 Å². The monoisotopic (exact) mass is 396 g/mol. The van der Waals surface area contributed by atoms with Gasteiger partial charge in [-0.15, -0.1) is 0 Å². The van der Waals surface area contributed by atoms with Crippen molar-refractivity contribution in [3.63, 3.8) is 0 Å². The zero-order valence-corrected chi connectivity index (χ0v) is 18.4. The lowest BCUT2D eigenvalue weighted by Gasteiger charge is -2.21. The van der Waals surface area contributed by atoms with Crippen LogP contribution < -0.4 is 0 Å². The first-order valence-electron chi connectivity index (χ1n) is 8.16. The van der Waals surface area contributed by atoms with Gasteiger partial charge in [-0.2, -0.15) is 20.8 Å². The van der Waals surface area contributed by atoms with Crippen molar-refractivity contribution in [2.75, 3.05) is 28.4 Å². The fourth-order valence-corrected chi connectivity index (χ4v) is 4.27. The number of azo groups is 1. The zero-order valence-electron chi connectivity index (χ0n) is 16.4. The molecule has 0 aliphatic carbocycles. The van der Waals surface area contributed by atoms with Crippen molar-refractivity contribution in [3.8, 4) is 12.1 Å². The van der Waals surface area contributed by atoms with E-state index in [9.17, 15) is 10.5 Å². The molecular weight excluding hydrogens is 368 g/mol. The maximum Gasteiger partial charge on any atom is 0.164 e. The lowest BCUT2D eigenvalue weighted by molar-refractivity contribution is -0.0443. The third-order valence-electron chi connectivity index (χ3n) is 3.68. The average Bonchev–Trinajstić information content (AvgIpc) is 2.67. The predicted octanol–water partition coefficient (Wildman–Crippen LogP) is 2.18. The molecule has 0 aliphatic heterocycles. The van der Waals surface area contributed by atoms with E-state index in [1.807, 2.05) is 0 Å². The molecule has 0 aromatic heterocycles. The van der Waals surface area contributed by atoms with Crippen LogP contribution >= 0.6 is 0 Å². The van der Waals surface area contributed by atoms with Gasteiger partial charge in [0, 0.05) is 28.4 Å². The molecule has 8 nitrogen and oxygen atoms in total. The Morgan fingerprint density at radius 1 is 0.769 bits per heavy atom. The summed E-state index contributed by atoms with van der Waals surface area (Å²) in [5.74, 6) is -0.537. The summed E-state index contributed by atoms with van der Waals surface area (Å²) in [6.45, 7) is 3.45. The first-order valence-corrected chi connectivity index (χ1v) is 10.7. The fraction of sp³-hybridized carbons (Fsp3) is 0.875. The summed E-state index contributed by atoms with van der Waals surface area (Å²) < 4.78 is 20.6. The molecule has 10 heteroatoms. The maximum atomic E-state index is 9.47. The van der Waals surface area contributed by atoms with Crippen LogP contribution in [0.5, 0.6) is 0 Å². The summed E-state index contributed by atoms with van der Waals surface area (Å²) >= 11 is 0. The molecule has 26 heavy (non-hydrogen) atoms. The van der Waals surface area contributed by atoms with Gasteiger partial charge in [-0.3, -0.25) is 0 Å². The van der Waals surface area contributed by atoms with Gasteiger partial charge < -0.3 is 18.9 Å². The quantitative estimate of drug-likeness (QED) is 0.253. The Bertz CT molecular complexity index is 459. The van der Waals surface area contributed by atoms with Crippen LogP contribution in [-0.4, -0.2) is 70.4 Å². The molecule has 0 rings (SSSR count). The van der Waals surface area contributed by atoms with E-state index in [0.717, 1.165) is 12.1 Å². The molecule has 2 atom stereocenters. The first-order chi connectivity index (χ1) is 12.3. The van der Waals surface area contributed by atoms with Crippen LogP contribution in [0.3, 0.4) is 0 Å². The van der Waals surface area contributed by atoms with Crippen molar-refractivity contribution >= 4 is 19.0 Å². The zero-order chi connectivity index (χ0) is 20.1. The first kappa shape index (κ1) is 24.9. The van der Waals surface area contributed by atoms with Crippen molar-refractivity contribution in [2.45, 2.75) is 61.7 Å². The maximum absolute atomic E-state index is 9.47. The van der Waals surface area contributed by atoms with Crippen molar-refractivity contribution in [3.05, 3.63) is 0 Å². The number of hydrogen-bond acceptors (Lipinski definition) is 8. The van der Waals surface area contributed by atoms with Crippen LogP contribution in [0.15, 0.2) is 10.2 Å². The molecule has 0 bridgehead atoms. The van der Waals surface area contributed by atoms with E-state index < -0.39 is 11.1 Å². The van der Waals surface area contributed by atoms with E-state index in [0.29, 0.717) is 31.9 Å². The van der Waals surface area contributed by atoms with Gasteiger partial charge in [-0.1, -0.05) is 12.1 Å². The topological polar surface area (TPSA) is 109 Å². The summed E-state index contributed by atoms with van der Waals surface area (Å²) in [6.07, 6.45) is 1.04. The molecule has 0 heterocycles. The van der Waals surface area contributed by atoms with Gasteiger partial charge in [0.15, 0.2) is 11.1 Å². The van der Waals surface area contributed by atoms with Crippen LogP contribution in [0.1, 0.15) is 26.7 Å². The molecule has 0 saturated heterocycles. The highest BCUT2D eigenvalue weighted by atomic mass is 28.2. The molecule has 0 fully saturated rings. The Kier molecular flexibility index (Phi) is 12.5. The Labute approximate surface area is 161 Å². The third kappa shape index (κ3) is 9.52. The molecule has 0 aliphatic rings. The van der Waals surface area contributed by atoms with Gasteiger partial charge in [-0.05, 0) is 26.7 Å². The molecule has 0 saturated carbocycles. The standard InChI is InChI=1S/C16H28N4O4Si2/c1-15(11-17,7-9-25-13(21-3)22-4)19-20-16(2,12-18)8-10-26-14(23-5)24-6/h13-14H,7-10H2,1-6H3. The molecule has 144 valence electrons. The van der Waals surface area contributed by atoms with Crippen molar-refractivity contribution in [2.24, 2.45) is 10.2 Å². The molecule has 0 aromatic carbocycles. The summed E-state index contributed by atoms with van der Waals surface area (Å²) in [5, 5.41) is 27.4. The van der Waals surface area contributed by atoms with E-state index in [2.05, 4.69) is 22.4 Å². The molecule has 0 aromatic rings. The van der Waals surface area contributed by atoms with E-state index in [4.69, 9.17) is 18.9 Å². The third-order valence-corrected chi connectivity index (χ3v) is 6.36. The molecular formula is C16H28N4O4Si2. The minimum atomic E-state index is -0.971. The number of methoxy groups -OCH3 is 4. The molecule has 4 radical (unpaired) electrons. The second-order valence-electron chi connectivity index (χ2n) is 5.99. The summed E-state index contributed by atoms with van der Waals surface area (Å²) in [7, 11) is 7.14. The lowest BCUT2D eigenvalue weighted by atomic mass is 10.0. The minimum absolute atomic E-state index is 0.269. The van der Waals surface area contributed by atoms with E-state index in [-0.39, 0.29) is 11.8 Å². The van der Waals surface area contributed by atoms with E-state index >= 15 is 0 Å². The average molecular weight is 397 g/mol. The van der Waals surface area contributed by atoms with Crippen LogP contribution in [-0.2, 0) is 18.9 Å². The number of hydrogen-bond donors (Lipinski definition) is 0. The molecule has 0 N–H and O–H groups in total. The van der Waals surface area contributed by atoms with Gasteiger partial charge in [0.05, 0.1) is 12.1 Å². The smallest absolute Gasteiger partial charge is 0.164 e. The molecule has 0 spiro atoms. The Morgan fingerprint density at radius 3 is 1.31 bits per heavy atom. The summed E-state index contributed by atoms with van der Waals surface area (Å²) in [4.78, 5) is 0. The molecule has 2 unspecified atom stereocenters. The Balaban J connectivity index is 4.74. The number of nitriles is 2. The second-order valence-corrected chi connectivity index (χ2v) is 8.75. The van der Waals surface area contributed by atoms with Gasteiger partial charge in [0.25, 0.3) is 0 Å². The van der Waals surface area contributed by atoms with Gasteiger partial charge in [0.1, 0.15) is 30.9 Å².